The Morgan fingerprint density at radius 2 is 1.81 bits per heavy atom. The molecule has 0 N–H and O–H groups in total. The fourth-order valence-corrected chi connectivity index (χ4v) is 2.31. The topological polar surface area (TPSA) is 0 Å². The number of hydrogen-bond acceptors (Lipinski definition) is 0. The van der Waals surface area contributed by atoms with E-state index in [1.165, 1.54) is 27.8 Å². The zero-order chi connectivity index (χ0) is 11.5. The SMILES string of the molecule is Cc1ccc(-c2cccc(CBr)c2)c(C)c1. The molecule has 2 aromatic rings. The zero-order valence-electron chi connectivity index (χ0n) is 9.63. The first-order valence-corrected chi connectivity index (χ1v) is 6.55. The highest BCUT2D eigenvalue weighted by Gasteiger charge is 2.02. The summed E-state index contributed by atoms with van der Waals surface area (Å²) in [6.07, 6.45) is 0. The second-order valence-corrected chi connectivity index (χ2v) is 4.71. The molecule has 0 unspecified atom stereocenters. The normalized spacial score (nSPS) is 10.4. The average molecular weight is 275 g/mol. The van der Waals surface area contributed by atoms with Crippen LogP contribution in [0.25, 0.3) is 11.1 Å². The molecule has 0 amide bonds. The largest absolute Gasteiger partial charge is 0.0876 e. The van der Waals surface area contributed by atoms with Gasteiger partial charge in [0, 0.05) is 5.33 Å². The Labute approximate surface area is 105 Å². The summed E-state index contributed by atoms with van der Waals surface area (Å²) in [6, 6.07) is 15.3. The molecular weight excluding hydrogens is 260 g/mol. The quantitative estimate of drug-likeness (QED) is 0.686. The Morgan fingerprint density at radius 1 is 1.00 bits per heavy atom. The number of benzene rings is 2. The van der Waals surface area contributed by atoms with Crippen LogP contribution in [0.15, 0.2) is 42.5 Å². The summed E-state index contributed by atoms with van der Waals surface area (Å²) >= 11 is 3.49. The van der Waals surface area contributed by atoms with Gasteiger partial charge in [0.1, 0.15) is 0 Å². The Hall–Kier alpha value is -1.08. The van der Waals surface area contributed by atoms with Crippen molar-refractivity contribution in [2.75, 3.05) is 0 Å². The molecule has 0 bridgehead atoms. The van der Waals surface area contributed by atoms with Crippen LogP contribution in [0.1, 0.15) is 16.7 Å². The molecule has 0 saturated carbocycles. The van der Waals surface area contributed by atoms with Gasteiger partial charge in [-0.2, -0.15) is 0 Å². The lowest BCUT2D eigenvalue weighted by molar-refractivity contribution is 1.37. The lowest BCUT2D eigenvalue weighted by atomic mass is 9.98. The third-order valence-corrected chi connectivity index (χ3v) is 3.42. The summed E-state index contributed by atoms with van der Waals surface area (Å²) in [5.41, 5.74) is 6.60. The van der Waals surface area contributed by atoms with Crippen molar-refractivity contribution in [2.24, 2.45) is 0 Å². The van der Waals surface area contributed by atoms with Gasteiger partial charge < -0.3 is 0 Å². The summed E-state index contributed by atoms with van der Waals surface area (Å²) in [4.78, 5) is 0. The van der Waals surface area contributed by atoms with Crippen molar-refractivity contribution < 1.29 is 0 Å². The monoisotopic (exact) mass is 274 g/mol. The maximum absolute atomic E-state index is 3.49. The van der Waals surface area contributed by atoms with Gasteiger partial charge in [0.25, 0.3) is 0 Å². The highest BCUT2D eigenvalue weighted by Crippen LogP contribution is 2.25. The van der Waals surface area contributed by atoms with Gasteiger partial charge in [-0.05, 0) is 36.1 Å². The smallest absolute Gasteiger partial charge is 0.0283 e. The molecule has 0 aliphatic carbocycles. The molecule has 0 heterocycles. The summed E-state index contributed by atoms with van der Waals surface area (Å²) in [6.45, 7) is 4.30. The molecule has 0 saturated heterocycles. The van der Waals surface area contributed by atoms with Gasteiger partial charge in [0.2, 0.25) is 0 Å². The molecule has 0 fully saturated rings. The second-order valence-electron chi connectivity index (χ2n) is 4.15. The zero-order valence-corrected chi connectivity index (χ0v) is 11.2. The van der Waals surface area contributed by atoms with Crippen LogP contribution in [-0.4, -0.2) is 0 Å². The van der Waals surface area contributed by atoms with Gasteiger partial charge in [-0.25, -0.2) is 0 Å². The predicted molar refractivity (Wildman–Crippen MR) is 74.0 cm³/mol. The van der Waals surface area contributed by atoms with Crippen molar-refractivity contribution in [1.82, 2.24) is 0 Å². The third-order valence-electron chi connectivity index (χ3n) is 2.77. The lowest BCUT2D eigenvalue weighted by Gasteiger charge is -2.08. The van der Waals surface area contributed by atoms with E-state index in [2.05, 4.69) is 72.2 Å². The lowest BCUT2D eigenvalue weighted by Crippen LogP contribution is -1.86. The number of alkyl halides is 1. The number of rotatable bonds is 2. The summed E-state index contributed by atoms with van der Waals surface area (Å²) in [7, 11) is 0. The summed E-state index contributed by atoms with van der Waals surface area (Å²) in [5.74, 6) is 0. The molecule has 0 radical (unpaired) electrons. The molecule has 0 aromatic heterocycles. The molecule has 0 aliphatic rings. The Balaban J connectivity index is 2.49. The molecule has 1 heteroatoms. The number of aryl methyl sites for hydroxylation is 2. The van der Waals surface area contributed by atoms with Crippen molar-refractivity contribution in [3.8, 4) is 11.1 Å². The summed E-state index contributed by atoms with van der Waals surface area (Å²) in [5, 5.41) is 0.908. The van der Waals surface area contributed by atoms with Gasteiger partial charge in [-0.1, -0.05) is 64.0 Å². The van der Waals surface area contributed by atoms with E-state index in [-0.39, 0.29) is 0 Å². The van der Waals surface area contributed by atoms with Crippen LogP contribution in [0.5, 0.6) is 0 Å². The molecule has 2 rings (SSSR count). The van der Waals surface area contributed by atoms with E-state index in [4.69, 9.17) is 0 Å². The highest BCUT2D eigenvalue weighted by atomic mass is 79.9. The van der Waals surface area contributed by atoms with Crippen molar-refractivity contribution in [2.45, 2.75) is 19.2 Å². The fraction of sp³-hybridized carbons (Fsp3) is 0.200. The van der Waals surface area contributed by atoms with E-state index in [9.17, 15) is 0 Å². The van der Waals surface area contributed by atoms with E-state index in [1.807, 2.05) is 0 Å². The molecular formula is C15H15Br. The molecule has 16 heavy (non-hydrogen) atoms. The number of halogens is 1. The van der Waals surface area contributed by atoms with Crippen LogP contribution in [0.4, 0.5) is 0 Å². The fourth-order valence-electron chi connectivity index (χ4n) is 1.96. The minimum atomic E-state index is 0.908. The van der Waals surface area contributed by atoms with E-state index in [0.29, 0.717) is 0 Å². The maximum atomic E-state index is 3.49. The third kappa shape index (κ3) is 2.35. The van der Waals surface area contributed by atoms with E-state index < -0.39 is 0 Å². The first kappa shape index (κ1) is 11.4. The number of hydrogen-bond donors (Lipinski definition) is 0. The van der Waals surface area contributed by atoms with E-state index >= 15 is 0 Å². The minimum absolute atomic E-state index is 0.908. The molecule has 0 atom stereocenters. The Kier molecular flexibility index (Phi) is 3.45. The molecule has 0 spiro atoms. The summed E-state index contributed by atoms with van der Waals surface area (Å²) < 4.78 is 0. The highest BCUT2D eigenvalue weighted by molar-refractivity contribution is 9.08. The van der Waals surface area contributed by atoms with E-state index in [0.717, 1.165) is 5.33 Å². The Morgan fingerprint density at radius 3 is 2.50 bits per heavy atom. The van der Waals surface area contributed by atoms with Gasteiger partial charge in [0.15, 0.2) is 0 Å². The minimum Gasteiger partial charge on any atom is -0.0876 e. The molecule has 0 aliphatic heterocycles. The average Bonchev–Trinajstić information content (AvgIpc) is 2.29. The van der Waals surface area contributed by atoms with Crippen LogP contribution in [0.3, 0.4) is 0 Å². The van der Waals surface area contributed by atoms with Gasteiger partial charge >= 0.3 is 0 Å². The second kappa shape index (κ2) is 4.84. The van der Waals surface area contributed by atoms with Crippen molar-refractivity contribution in [3.05, 3.63) is 59.2 Å². The Bertz CT molecular complexity index is 501. The van der Waals surface area contributed by atoms with Crippen molar-refractivity contribution >= 4 is 15.9 Å². The molecule has 0 nitrogen and oxygen atoms in total. The van der Waals surface area contributed by atoms with Gasteiger partial charge in [0.05, 0.1) is 0 Å². The van der Waals surface area contributed by atoms with E-state index in [1.54, 1.807) is 0 Å². The first-order valence-electron chi connectivity index (χ1n) is 5.43. The van der Waals surface area contributed by atoms with Crippen LogP contribution >= 0.6 is 15.9 Å². The van der Waals surface area contributed by atoms with Crippen LogP contribution < -0.4 is 0 Å². The predicted octanol–water partition coefficient (Wildman–Crippen LogP) is 4.87. The standard InChI is InChI=1S/C15H15Br/c1-11-6-7-15(12(2)8-11)14-5-3-4-13(9-14)10-16/h3-9H,10H2,1-2H3. The van der Waals surface area contributed by atoms with Crippen molar-refractivity contribution in [1.29, 1.82) is 0 Å². The first-order chi connectivity index (χ1) is 7.70. The molecule has 82 valence electrons. The van der Waals surface area contributed by atoms with Crippen LogP contribution in [0.2, 0.25) is 0 Å². The van der Waals surface area contributed by atoms with Gasteiger partial charge in [-0.3, -0.25) is 0 Å². The van der Waals surface area contributed by atoms with Gasteiger partial charge in [-0.15, -0.1) is 0 Å². The maximum Gasteiger partial charge on any atom is 0.0283 e. The van der Waals surface area contributed by atoms with Crippen LogP contribution in [0, 0.1) is 13.8 Å². The molecule has 2 aromatic carbocycles. The van der Waals surface area contributed by atoms with Crippen molar-refractivity contribution in [3.63, 3.8) is 0 Å². The van der Waals surface area contributed by atoms with Crippen LogP contribution in [-0.2, 0) is 5.33 Å².